The van der Waals surface area contributed by atoms with Gasteiger partial charge in [0.05, 0.1) is 47.4 Å². The van der Waals surface area contributed by atoms with E-state index in [2.05, 4.69) is 65.0 Å². The summed E-state index contributed by atoms with van der Waals surface area (Å²) in [6, 6.07) is 29.7. The van der Waals surface area contributed by atoms with Gasteiger partial charge in [-0.05, 0) is 130 Å². The zero-order valence-corrected chi connectivity index (χ0v) is 42.4. The van der Waals surface area contributed by atoms with E-state index >= 15 is 0 Å². The van der Waals surface area contributed by atoms with Crippen molar-refractivity contribution in [1.82, 2.24) is 24.5 Å². The van der Waals surface area contributed by atoms with E-state index in [1.165, 1.54) is 29.5 Å². The number of aliphatic hydroxyl groups is 1. The first kappa shape index (κ1) is 49.8. The highest BCUT2D eigenvalue weighted by Gasteiger charge is 2.50. The molecule has 6 aromatic rings. The van der Waals surface area contributed by atoms with E-state index < -0.39 is 37.0 Å². The molecular formula is C55H64N8O9S. The monoisotopic (exact) mass is 1010 g/mol. The Bertz CT molecular complexity index is 3070. The maximum absolute atomic E-state index is 14.1. The minimum absolute atomic E-state index is 0.0373. The lowest BCUT2D eigenvalue weighted by atomic mass is 9.59. The van der Waals surface area contributed by atoms with Crippen LogP contribution in [0.5, 0.6) is 23.0 Å². The molecule has 4 heterocycles. The predicted molar refractivity (Wildman–Crippen MR) is 279 cm³/mol. The summed E-state index contributed by atoms with van der Waals surface area (Å²) in [6.07, 6.45) is 10.3. The standard InChI is InChI=1S/C55H64N8O9S/c1-54(65)19-16-37(17-20-54)33-57-47-15-13-44(30-48(47)63(66)67)73(68,69)59-53(64)46-14-10-40(29-51(46)72-43-28-39-18-23-56-52(39)58-34-43)61-24-21-55(22-25-61)31-41(32-55)62-27-26-60(35-38-8-11-42(70-2)12-9-38)36-49(62)45-6-4-5-7-50(45)71-3/h4-15,18,23,28-30,34,37,41,49,57,65H,16-17,19-22,24-27,31-33,35-36H2,1-3H3,(H,56,58)(H,59,64)/t37-,49?,54-. The number of nitrogens with zero attached hydrogens (tertiary/aromatic N) is 5. The number of pyridine rings is 1. The number of benzene rings is 4. The number of ether oxygens (including phenoxy) is 3. The van der Waals surface area contributed by atoms with Crippen molar-refractivity contribution in [3.63, 3.8) is 0 Å². The molecule has 2 saturated heterocycles. The van der Waals surface area contributed by atoms with Crippen LogP contribution in [-0.4, -0.2) is 109 Å². The van der Waals surface area contributed by atoms with Crippen LogP contribution in [0.15, 0.2) is 114 Å². The molecule has 2 aliphatic carbocycles. The Morgan fingerprint density at radius 2 is 1.66 bits per heavy atom. The number of H-pyrrole nitrogens is 1. The normalized spacial score (nSPS) is 21.6. The van der Waals surface area contributed by atoms with E-state index in [0.29, 0.717) is 36.8 Å². The molecule has 384 valence electrons. The summed E-state index contributed by atoms with van der Waals surface area (Å²) in [4.78, 5) is 40.3. The zero-order valence-electron chi connectivity index (χ0n) is 41.6. The molecule has 2 saturated carbocycles. The second kappa shape index (κ2) is 20.6. The van der Waals surface area contributed by atoms with Gasteiger partial charge >= 0.3 is 0 Å². The summed E-state index contributed by atoms with van der Waals surface area (Å²) in [5.74, 6) is 1.49. The molecule has 4 fully saturated rings. The van der Waals surface area contributed by atoms with Gasteiger partial charge in [0, 0.05) is 86.8 Å². The van der Waals surface area contributed by atoms with Crippen molar-refractivity contribution in [2.45, 2.75) is 87.4 Å². The molecule has 1 spiro atoms. The van der Waals surface area contributed by atoms with Gasteiger partial charge in [0.2, 0.25) is 0 Å². The van der Waals surface area contributed by atoms with E-state index in [-0.39, 0.29) is 34.4 Å². The Kier molecular flexibility index (Phi) is 14.1. The number of piperazine rings is 1. The van der Waals surface area contributed by atoms with Crippen molar-refractivity contribution in [2.24, 2.45) is 11.3 Å². The van der Waals surface area contributed by atoms with Crippen LogP contribution in [0.25, 0.3) is 11.0 Å². The maximum atomic E-state index is 14.1. The number of anilines is 2. The third-order valence-electron chi connectivity index (χ3n) is 15.8. The molecular weight excluding hydrogens is 949 g/mol. The quantitative estimate of drug-likeness (QED) is 0.0528. The Morgan fingerprint density at radius 1 is 0.890 bits per heavy atom. The summed E-state index contributed by atoms with van der Waals surface area (Å²) in [5.41, 5.74) is 3.15. The number of rotatable bonds is 16. The molecule has 73 heavy (non-hydrogen) atoms. The van der Waals surface area contributed by atoms with Crippen molar-refractivity contribution >= 4 is 44.0 Å². The predicted octanol–water partition coefficient (Wildman–Crippen LogP) is 9.06. The van der Waals surface area contributed by atoms with E-state index in [9.17, 15) is 28.4 Å². The molecule has 4 N–H and O–H groups in total. The fourth-order valence-electron chi connectivity index (χ4n) is 11.5. The number of aromatic nitrogens is 2. The van der Waals surface area contributed by atoms with E-state index in [0.717, 1.165) is 106 Å². The van der Waals surface area contributed by atoms with Crippen LogP contribution in [0.3, 0.4) is 0 Å². The van der Waals surface area contributed by atoms with Gasteiger partial charge in [-0.3, -0.25) is 24.7 Å². The molecule has 0 bridgehead atoms. The van der Waals surface area contributed by atoms with E-state index in [4.69, 9.17) is 14.2 Å². The molecule has 18 heteroatoms. The first-order chi connectivity index (χ1) is 35.2. The van der Waals surface area contributed by atoms with Gasteiger partial charge in [0.15, 0.2) is 0 Å². The van der Waals surface area contributed by atoms with Gasteiger partial charge in [-0.15, -0.1) is 0 Å². The number of amides is 1. The molecule has 10 rings (SSSR count). The summed E-state index contributed by atoms with van der Waals surface area (Å²) in [7, 11) is -1.15. The van der Waals surface area contributed by atoms with Crippen molar-refractivity contribution in [1.29, 1.82) is 0 Å². The SMILES string of the molecule is COc1ccc(CN2CCN(C3CC4(CCN(c5ccc(C(=O)NS(=O)(=O)c6ccc(NC[C@H]7CC[C@](C)(O)CC7)c([N+](=O)[O-])c6)c(Oc6cnc7[nH]ccc7c6)c5)CC4)C3)C(c3ccccc3OC)C2)cc1. The van der Waals surface area contributed by atoms with Gasteiger partial charge in [-0.1, -0.05) is 30.3 Å². The fourth-order valence-corrected chi connectivity index (χ4v) is 12.5. The number of nitrogens with one attached hydrogen (secondary N) is 3. The largest absolute Gasteiger partial charge is 0.497 e. The Labute approximate surface area is 426 Å². The van der Waals surface area contributed by atoms with Crippen LogP contribution in [0, 0.1) is 21.4 Å². The lowest BCUT2D eigenvalue weighted by Gasteiger charge is -2.58. The Balaban J connectivity index is 0.826. The summed E-state index contributed by atoms with van der Waals surface area (Å²) in [6.45, 7) is 7.51. The smallest absolute Gasteiger partial charge is 0.293 e. The fraction of sp³-hybridized carbons (Fsp3) is 0.418. The van der Waals surface area contributed by atoms with Gasteiger partial charge in [0.1, 0.15) is 34.3 Å². The number of carbonyl (C=O) groups excluding carboxylic acids is 1. The van der Waals surface area contributed by atoms with Gasteiger partial charge in [0.25, 0.3) is 21.6 Å². The van der Waals surface area contributed by atoms with Crippen LogP contribution in [0.2, 0.25) is 0 Å². The molecule has 2 aliphatic heterocycles. The second-order valence-corrected chi connectivity index (χ2v) is 22.4. The van der Waals surface area contributed by atoms with Crippen molar-refractivity contribution in [3.8, 4) is 23.0 Å². The minimum Gasteiger partial charge on any atom is -0.497 e. The molecule has 0 radical (unpaired) electrons. The molecule has 1 unspecified atom stereocenters. The Hall–Kier alpha value is -6.73. The van der Waals surface area contributed by atoms with Crippen molar-refractivity contribution in [2.75, 3.05) is 63.7 Å². The third kappa shape index (κ3) is 11.0. The summed E-state index contributed by atoms with van der Waals surface area (Å²) < 4.78 is 47.5. The van der Waals surface area contributed by atoms with Crippen molar-refractivity contribution in [3.05, 3.63) is 136 Å². The average Bonchev–Trinajstić information content (AvgIpc) is 3.86. The molecule has 2 aromatic heterocycles. The first-order valence-corrected chi connectivity index (χ1v) is 26.7. The zero-order chi connectivity index (χ0) is 50.9. The highest BCUT2D eigenvalue weighted by Crippen LogP contribution is 2.53. The lowest BCUT2D eigenvalue weighted by molar-refractivity contribution is -0.384. The first-order valence-electron chi connectivity index (χ1n) is 25.2. The Morgan fingerprint density at radius 3 is 2.40 bits per heavy atom. The number of nitro groups is 1. The van der Waals surface area contributed by atoms with Crippen LogP contribution in [0.1, 0.15) is 85.8 Å². The van der Waals surface area contributed by atoms with Crippen LogP contribution in [-0.2, 0) is 16.6 Å². The highest BCUT2D eigenvalue weighted by atomic mass is 32.2. The second-order valence-electron chi connectivity index (χ2n) is 20.7. The number of para-hydroxylation sites is 1. The summed E-state index contributed by atoms with van der Waals surface area (Å²) >= 11 is 0. The number of aromatic amines is 1. The third-order valence-corrected chi connectivity index (χ3v) is 17.2. The molecule has 17 nitrogen and oxygen atoms in total. The number of methoxy groups -OCH3 is 2. The van der Waals surface area contributed by atoms with Crippen LogP contribution < -0.4 is 29.1 Å². The van der Waals surface area contributed by atoms with Gasteiger partial charge in [-0.2, -0.15) is 0 Å². The van der Waals surface area contributed by atoms with Gasteiger partial charge in [-0.25, -0.2) is 18.1 Å². The van der Waals surface area contributed by atoms with E-state index in [1.807, 2.05) is 37.3 Å². The number of nitro benzene ring substituents is 1. The van der Waals surface area contributed by atoms with E-state index in [1.54, 1.807) is 38.6 Å². The lowest BCUT2D eigenvalue weighted by Crippen LogP contribution is -2.59. The molecule has 4 aliphatic rings. The number of hydrogen-bond acceptors (Lipinski definition) is 14. The molecule has 1 amide bonds. The number of piperidine rings is 1. The molecule has 4 aromatic carbocycles. The number of hydrogen-bond donors (Lipinski definition) is 4. The molecule has 1 atom stereocenters. The van der Waals surface area contributed by atoms with Crippen LogP contribution >= 0.6 is 0 Å². The summed E-state index contributed by atoms with van der Waals surface area (Å²) in [5, 5.41) is 26.5. The number of fused-ring (bicyclic) bond motifs is 1. The van der Waals surface area contributed by atoms with Gasteiger partial charge < -0.3 is 34.5 Å². The number of sulfonamides is 1. The maximum Gasteiger partial charge on any atom is 0.293 e. The topological polar surface area (TPSA) is 205 Å². The minimum atomic E-state index is -4.59. The average molecular weight is 1010 g/mol. The highest BCUT2D eigenvalue weighted by molar-refractivity contribution is 7.90. The van der Waals surface area contributed by atoms with Crippen molar-refractivity contribution < 1.29 is 37.5 Å². The van der Waals surface area contributed by atoms with Crippen LogP contribution in [0.4, 0.5) is 17.1 Å². The number of carbonyl (C=O) groups is 1.